The van der Waals surface area contributed by atoms with Crippen LogP contribution in [0.1, 0.15) is 12.8 Å². The minimum atomic E-state index is 0.666. The van der Waals surface area contributed by atoms with Crippen molar-refractivity contribution in [1.29, 1.82) is 0 Å². The number of nitrogens with one attached hydrogen (secondary N) is 2. The second-order valence-electron chi connectivity index (χ2n) is 2.65. The number of piperidine rings is 1. The molecule has 2 heterocycles. The molecule has 2 N–H and O–H groups in total. The third-order valence-corrected chi connectivity index (χ3v) is 1.85. The van der Waals surface area contributed by atoms with Crippen molar-refractivity contribution in [3.05, 3.63) is 18.3 Å². The van der Waals surface area contributed by atoms with E-state index in [1.54, 1.807) is 0 Å². The first-order chi connectivity index (χ1) is 4.45. The van der Waals surface area contributed by atoms with Gasteiger partial charge in [0.15, 0.2) is 0 Å². The minimum Gasteiger partial charge on any atom is -0.387 e. The van der Waals surface area contributed by atoms with Crippen molar-refractivity contribution in [1.82, 2.24) is 10.6 Å². The van der Waals surface area contributed by atoms with Gasteiger partial charge in [0.25, 0.3) is 0 Å². The molecule has 2 rings (SSSR count). The summed E-state index contributed by atoms with van der Waals surface area (Å²) >= 11 is 0. The molecule has 2 nitrogen and oxygen atoms in total. The first kappa shape index (κ1) is 5.15. The van der Waals surface area contributed by atoms with Gasteiger partial charge in [-0.25, -0.2) is 0 Å². The van der Waals surface area contributed by atoms with E-state index in [4.69, 9.17) is 0 Å². The molecule has 9 heavy (non-hydrogen) atoms. The largest absolute Gasteiger partial charge is 0.387 e. The molecule has 0 amide bonds. The Morgan fingerprint density at radius 3 is 3.33 bits per heavy atom. The quantitative estimate of drug-likeness (QED) is 0.487. The number of hydrogen-bond donors (Lipinski definition) is 2. The molecule has 0 saturated carbocycles. The van der Waals surface area contributed by atoms with E-state index in [0.29, 0.717) is 6.04 Å². The predicted molar refractivity (Wildman–Crippen MR) is 36.5 cm³/mol. The molecule has 0 aromatic rings. The van der Waals surface area contributed by atoms with Crippen molar-refractivity contribution in [3.63, 3.8) is 0 Å². The normalized spacial score (nSPS) is 32.0. The molecule has 2 bridgehead atoms. The molecule has 1 radical (unpaired) electrons. The summed E-state index contributed by atoms with van der Waals surface area (Å²) in [4.78, 5) is 0. The Kier molecular flexibility index (Phi) is 1.11. The van der Waals surface area contributed by atoms with Crippen LogP contribution < -0.4 is 10.6 Å². The second kappa shape index (κ2) is 1.94. The predicted octanol–water partition coefficient (Wildman–Crippen LogP) is 0.387. The molecule has 2 aliphatic heterocycles. The lowest BCUT2D eigenvalue weighted by molar-refractivity contribution is 0.464. The van der Waals surface area contributed by atoms with E-state index < -0.39 is 0 Å². The van der Waals surface area contributed by atoms with Gasteiger partial charge in [-0.05, 0) is 19.3 Å². The number of hydrogen-bond acceptors (Lipinski definition) is 2. The molecule has 1 fully saturated rings. The highest BCUT2D eigenvalue weighted by Crippen LogP contribution is 2.15. The van der Waals surface area contributed by atoms with Gasteiger partial charge < -0.3 is 10.6 Å². The fourth-order valence-corrected chi connectivity index (χ4v) is 1.38. The van der Waals surface area contributed by atoms with Gasteiger partial charge in [0.05, 0.1) is 0 Å². The zero-order valence-corrected chi connectivity index (χ0v) is 5.35. The van der Waals surface area contributed by atoms with Crippen LogP contribution >= 0.6 is 0 Å². The van der Waals surface area contributed by atoms with Crippen LogP contribution in [0, 0.1) is 6.42 Å². The van der Waals surface area contributed by atoms with Crippen LogP contribution in [0.5, 0.6) is 0 Å². The maximum absolute atomic E-state index is 3.42. The van der Waals surface area contributed by atoms with Crippen molar-refractivity contribution in [3.8, 4) is 0 Å². The van der Waals surface area contributed by atoms with Crippen LogP contribution in [0.3, 0.4) is 0 Å². The van der Waals surface area contributed by atoms with Crippen molar-refractivity contribution < 1.29 is 0 Å². The highest BCUT2D eigenvalue weighted by atomic mass is 15.0. The van der Waals surface area contributed by atoms with E-state index in [1.165, 1.54) is 12.1 Å². The Hall–Kier alpha value is -0.660. The van der Waals surface area contributed by atoms with Crippen LogP contribution in [-0.2, 0) is 0 Å². The van der Waals surface area contributed by atoms with Crippen LogP contribution in [0.15, 0.2) is 11.9 Å². The highest BCUT2D eigenvalue weighted by molar-refractivity contribution is 5.12. The molecular formula is C7H11N2. The highest BCUT2D eigenvalue weighted by Gasteiger charge is 2.17. The van der Waals surface area contributed by atoms with Crippen LogP contribution in [0.2, 0.25) is 0 Å². The Bertz CT molecular complexity index is 140. The minimum absolute atomic E-state index is 0.666. The molecule has 49 valence electrons. The molecule has 0 aromatic carbocycles. The number of fused-ring (bicyclic) bond motifs is 2. The maximum atomic E-state index is 3.42. The third-order valence-electron chi connectivity index (χ3n) is 1.85. The lowest BCUT2D eigenvalue weighted by Gasteiger charge is -2.30. The Morgan fingerprint density at radius 2 is 2.56 bits per heavy atom. The van der Waals surface area contributed by atoms with E-state index >= 15 is 0 Å². The Labute approximate surface area is 55.3 Å². The van der Waals surface area contributed by atoms with Gasteiger partial charge in [-0.1, -0.05) is 0 Å². The first-order valence-corrected chi connectivity index (χ1v) is 3.46. The lowest BCUT2D eigenvalue weighted by atomic mass is 10.0. The molecule has 1 atom stereocenters. The average Bonchev–Trinajstić information content (AvgIpc) is 1.88. The third kappa shape index (κ3) is 0.889. The molecule has 1 unspecified atom stereocenters. The fourth-order valence-electron chi connectivity index (χ4n) is 1.38. The molecular weight excluding hydrogens is 112 g/mol. The first-order valence-electron chi connectivity index (χ1n) is 3.46. The summed E-state index contributed by atoms with van der Waals surface area (Å²) in [6.07, 6.45) is 6.74. The summed E-state index contributed by atoms with van der Waals surface area (Å²) in [5.74, 6) is 0. The molecule has 1 saturated heterocycles. The second-order valence-corrected chi connectivity index (χ2v) is 2.65. The SMILES string of the molecule is [CH]1CC2=CNCC(C1)N2. The van der Waals surface area contributed by atoms with Crippen molar-refractivity contribution >= 4 is 0 Å². The summed E-state index contributed by atoms with van der Waals surface area (Å²) in [6, 6.07) is 0.666. The monoisotopic (exact) mass is 123 g/mol. The zero-order chi connectivity index (χ0) is 6.10. The van der Waals surface area contributed by atoms with Gasteiger partial charge in [-0.15, -0.1) is 0 Å². The summed E-state index contributed by atoms with van der Waals surface area (Å²) in [6.45, 7) is 1.08. The van der Waals surface area contributed by atoms with Crippen molar-refractivity contribution in [2.24, 2.45) is 0 Å². The Morgan fingerprint density at radius 1 is 1.56 bits per heavy atom. The molecule has 0 aromatic heterocycles. The molecule has 0 aliphatic carbocycles. The lowest BCUT2D eigenvalue weighted by Crippen LogP contribution is -2.44. The van der Waals surface area contributed by atoms with Gasteiger partial charge in [-0.3, -0.25) is 0 Å². The Balaban J connectivity index is 2.13. The van der Waals surface area contributed by atoms with Gasteiger partial charge >= 0.3 is 0 Å². The summed E-state index contributed by atoms with van der Waals surface area (Å²) < 4.78 is 0. The van der Waals surface area contributed by atoms with Crippen LogP contribution in [0.4, 0.5) is 0 Å². The molecule has 2 heteroatoms. The van der Waals surface area contributed by atoms with E-state index in [0.717, 1.165) is 13.0 Å². The van der Waals surface area contributed by atoms with Gasteiger partial charge in [0.1, 0.15) is 0 Å². The van der Waals surface area contributed by atoms with Gasteiger partial charge in [0, 0.05) is 24.5 Å². The van der Waals surface area contributed by atoms with Crippen LogP contribution in [-0.4, -0.2) is 12.6 Å². The summed E-state index contributed by atoms with van der Waals surface area (Å²) in [5, 5.41) is 6.66. The number of rotatable bonds is 0. The maximum Gasteiger partial charge on any atom is 0.0434 e. The topological polar surface area (TPSA) is 24.1 Å². The van der Waals surface area contributed by atoms with Gasteiger partial charge in [-0.2, -0.15) is 0 Å². The van der Waals surface area contributed by atoms with Crippen molar-refractivity contribution in [2.75, 3.05) is 6.54 Å². The van der Waals surface area contributed by atoms with E-state index in [9.17, 15) is 0 Å². The zero-order valence-electron chi connectivity index (χ0n) is 5.35. The molecule has 2 aliphatic rings. The van der Waals surface area contributed by atoms with Crippen LogP contribution in [0.25, 0.3) is 0 Å². The van der Waals surface area contributed by atoms with E-state index in [-0.39, 0.29) is 0 Å². The van der Waals surface area contributed by atoms with Gasteiger partial charge in [0.2, 0.25) is 0 Å². The molecule has 0 spiro atoms. The van der Waals surface area contributed by atoms with E-state index in [2.05, 4.69) is 23.3 Å². The average molecular weight is 123 g/mol. The summed E-state index contributed by atoms with van der Waals surface area (Å²) in [7, 11) is 0. The van der Waals surface area contributed by atoms with E-state index in [1.807, 2.05) is 0 Å². The standard InChI is InChI=1S/C7H11N2/c1-2-6-4-8-5-7(3-1)9-6/h1,4,7-9H,2-3,5H2. The summed E-state index contributed by atoms with van der Waals surface area (Å²) in [5.41, 5.74) is 1.34. The fraction of sp³-hybridized carbons (Fsp3) is 0.571. The smallest absolute Gasteiger partial charge is 0.0434 e. The number of allylic oxidation sites excluding steroid dienone is 1. The van der Waals surface area contributed by atoms with Crippen molar-refractivity contribution in [2.45, 2.75) is 18.9 Å².